The molecule has 27 heavy (non-hydrogen) atoms. The molecule has 6 rings (SSSR count). The van der Waals surface area contributed by atoms with Crippen LogP contribution in [-0.2, 0) is 6.42 Å². The van der Waals surface area contributed by atoms with Gasteiger partial charge in [-0.1, -0.05) is 66.1 Å². The van der Waals surface area contributed by atoms with Crippen molar-refractivity contribution in [2.45, 2.75) is 6.42 Å². The van der Waals surface area contributed by atoms with Gasteiger partial charge in [0.2, 0.25) is 0 Å². The molecule has 0 aliphatic heterocycles. The highest BCUT2D eigenvalue weighted by molar-refractivity contribution is 6.39. The molecule has 1 nitrogen and oxygen atoms in total. The maximum atomic E-state index is 6.08. The Labute approximate surface area is 158 Å². The van der Waals surface area contributed by atoms with Crippen LogP contribution in [0.1, 0.15) is 11.1 Å². The molecule has 1 heterocycles. The predicted octanol–water partition coefficient (Wildman–Crippen LogP) is 5.62. The molecule has 0 N–H and O–H groups in total. The second-order valence-corrected chi connectivity index (χ2v) is 7.24. The Morgan fingerprint density at radius 3 is 2.44 bits per heavy atom. The van der Waals surface area contributed by atoms with Gasteiger partial charge in [0.05, 0.1) is 0 Å². The van der Waals surface area contributed by atoms with Gasteiger partial charge in [-0.05, 0) is 58.0 Å². The highest BCUT2D eigenvalue weighted by Gasteiger charge is 2.18. The fraction of sp³-hybridized carbons (Fsp3) is 0.0400. The van der Waals surface area contributed by atoms with E-state index in [-0.39, 0.29) is 0 Å². The van der Waals surface area contributed by atoms with Crippen molar-refractivity contribution in [3.05, 3.63) is 90.0 Å². The second kappa shape index (κ2) is 5.37. The maximum absolute atomic E-state index is 6.08. The molecule has 1 aromatic heterocycles. The van der Waals surface area contributed by atoms with Gasteiger partial charge >= 0.3 is 0 Å². The van der Waals surface area contributed by atoms with Gasteiger partial charge in [-0.2, -0.15) is 0 Å². The van der Waals surface area contributed by atoms with E-state index in [0.717, 1.165) is 33.9 Å². The molecular formula is C25H15BO. The third-order valence-electron chi connectivity index (χ3n) is 5.66. The van der Waals surface area contributed by atoms with Gasteiger partial charge < -0.3 is 4.42 Å². The first-order chi connectivity index (χ1) is 13.3. The molecule has 0 unspecified atom stereocenters. The fourth-order valence-electron chi connectivity index (χ4n) is 4.30. The van der Waals surface area contributed by atoms with Gasteiger partial charge in [-0.3, -0.25) is 0 Å². The third-order valence-corrected chi connectivity index (χ3v) is 5.66. The second-order valence-electron chi connectivity index (χ2n) is 7.24. The van der Waals surface area contributed by atoms with Crippen LogP contribution in [0.3, 0.4) is 0 Å². The van der Waals surface area contributed by atoms with Crippen molar-refractivity contribution in [1.82, 2.24) is 0 Å². The lowest BCUT2D eigenvalue weighted by atomic mass is 9.94. The number of para-hydroxylation sites is 1. The standard InChI is InChI=1S/C25H15BO/c26-23-7-3-6-21-20-11-10-16(14-24(20)27-25(21)23)15-8-9-18-12-17-4-1-2-5-19(17)22(18)13-15/h1-11,13-14H,12H2. The summed E-state index contributed by atoms with van der Waals surface area (Å²) in [6.07, 6.45) is 1.02. The summed E-state index contributed by atoms with van der Waals surface area (Å²) in [5.41, 5.74) is 10.2. The molecule has 1 aliphatic carbocycles. The predicted molar refractivity (Wildman–Crippen MR) is 113 cm³/mol. The smallest absolute Gasteiger partial charge is 0.136 e. The Balaban J connectivity index is 1.53. The lowest BCUT2D eigenvalue weighted by molar-refractivity contribution is 0.671. The normalized spacial score (nSPS) is 12.4. The molecule has 0 amide bonds. The molecule has 0 spiro atoms. The zero-order chi connectivity index (χ0) is 18.0. The van der Waals surface area contributed by atoms with E-state index in [1.165, 1.54) is 27.8 Å². The lowest BCUT2D eigenvalue weighted by Gasteiger charge is -2.06. The molecule has 0 saturated heterocycles. The highest BCUT2D eigenvalue weighted by atomic mass is 16.3. The van der Waals surface area contributed by atoms with Crippen LogP contribution >= 0.6 is 0 Å². The third kappa shape index (κ3) is 2.13. The summed E-state index contributed by atoms with van der Waals surface area (Å²) < 4.78 is 6.07. The van der Waals surface area contributed by atoms with Crippen molar-refractivity contribution in [3.8, 4) is 22.3 Å². The molecular weight excluding hydrogens is 327 g/mol. The highest BCUT2D eigenvalue weighted by Crippen LogP contribution is 2.39. The Morgan fingerprint density at radius 1 is 0.667 bits per heavy atom. The Morgan fingerprint density at radius 2 is 1.48 bits per heavy atom. The summed E-state index contributed by atoms with van der Waals surface area (Å²) >= 11 is 0. The monoisotopic (exact) mass is 342 g/mol. The van der Waals surface area contributed by atoms with Crippen LogP contribution in [0.5, 0.6) is 0 Å². The summed E-state index contributed by atoms with van der Waals surface area (Å²) in [6, 6.07) is 27.8. The number of furan rings is 1. The van der Waals surface area contributed by atoms with Crippen molar-refractivity contribution in [2.24, 2.45) is 0 Å². The first kappa shape index (κ1) is 14.9. The van der Waals surface area contributed by atoms with Crippen LogP contribution in [-0.4, -0.2) is 7.85 Å². The summed E-state index contributed by atoms with van der Waals surface area (Å²) in [7, 11) is 6.08. The number of hydrogen-bond acceptors (Lipinski definition) is 1. The summed E-state index contributed by atoms with van der Waals surface area (Å²) in [5.74, 6) is 0. The minimum atomic E-state index is 0.680. The van der Waals surface area contributed by atoms with Crippen LogP contribution in [0.15, 0.2) is 83.3 Å². The summed E-state index contributed by atoms with van der Waals surface area (Å²) in [6.45, 7) is 0. The van der Waals surface area contributed by atoms with Crippen LogP contribution < -0.4 is 5.46 Å². The zero-order valence-corrected chi connectivity index (χ0v) is 14.7. The minimum absolute atomic E-state index is 0.680. The molecule has 0 bridgehead atoms. The summed E-state index contributed by atoms with van der Waals surface area (Å²) in [4.78, 5) is 0. The minimum Gasteiger partial charge on any atom is -0.457 e. The van der Waals surface area contributed by atoms with E-state index in [4.69, 9.17) is 12.3 Å². The van der Waals surface area contributed by atoms with E-state index < -0.39 is 0 Å². The number of rotatable bonds is 1. The Kier molecular flexibility index (Phi) is 2.96. The largest absolute Gasteiger partial charge is 0.457 e. The zero-order valence-electron chi connectivity index (χ0n) is 14.7. The van der Waals surface area contributed by atoms with Crippen LogP contribution in [0.2, 0.25) is 0 Å². The molecule has 5 aromatic rings. The van der Waals surface area contributed by atoms with Crippen molar-refractivity contribution in [2.75, 3.05) is 0 Å². The van der Waals surface area contributed by atoms with Crippen LogP contribution in [0, 0.1) is 0 Å². The van der Waals surface area contributed by atoms with Gasteiger partial charge in [0.15, 0.2) is 0 Å². The molecule has 124 valence electrons. The number of fused-ring (bicyclic) bond motifs is 6. The van der Waals surface area contributed by atoms with Crippen molar-refractivity contribution in [1.29, 1.82) is 0 Å². The molecule has 0 fully saturated rings. The van der Waals surface area contributed by atoms with E-state index in [9.17, 15) is 0 Å². The van der Waals surface area contributed by atoms with Crippen molar-refractivity contribution >= 4 is 35.2 Å². The Hall–Kier alpha value is -3.26. The van der Waals surface area contributed by atoms with E-state index >= 15 is 0 Å². The van der Waals surface area contributed by atoms with Crippen LogP contribution in [0.25, 0.3) is 44.2 Å². The fourth-order valence-corrected chi connectivity index (χ4v) is 4.30. The van der Waals surface area contributed by atoms with Gasteiger partial charge in [0, 0.05) is 10.8 Å². The number of hydrogen-bond donors (Lipinski definition) is 0. The van der Waals surface area contributed by atoms with Gasteiger partial charge in [0.1, 0.15) is 19.0 Å². The maximum Gasteiger partial charge on any atom is 0.136 e. The van der Waals surface area contributed by atoms with Crippen molar-refractivity contribution in [3.63, 3.8) is 0 Å². The summed E-state index contributed by atoms with van der Waals surface area (Å²) in [5, 5.41) is 2.17. The van der Waals surface area contributed by atoms with Crippen molar-refractivity contribution < 1.29 is 4.42 Å². The molecule has 2 radical (unpaired) electrons. The first-order valence-corrected chi connectivity index (χ1v) is 9.20. The average Bonchev–Trinajstić information content (AvgIpc) is 3.26. The van der Waals surface area contributed by atoms with Gasteiger partial charge in [-0.15, -0.1) is 0 Å². The van der Waals surface area contributed by atoms with E-state index in [0.29, 0.717) is 5.46 Å². The first-order valence-electron chi connectivity index (χ1n) is 9.20. The van der Waals surface area contributed by atoms with Crippen LogP contribution in [0.4, 0.5) is 0 Å². The van der Waals surface area contributed by atoms with Gasteiger partial charge in [0.25, 0.3) is 0 Å². The molecule has 4 aromatic carbocycles. The van der Waals surface area contributed by atoms with E-state index in [1.807, 2.05) is 12.1 Å². The Bertz CT molecular complexity index is 1360. The van der Waals surface area contributed by atoms with E-state index in [1.54, 1.807) is 0 Å². The lowest BCUT2D eigenvalue weighted by Crippen LogP contribution is -2.00. The quantitative estimate of drug-likeness (QED) is 0.354. The SMILES string of the molecule is [B]c1cccc2c1oc1cc(-c3ccc4c(c3)-c3ccccc3C4)ccc12. The van der Waals surface area contributed by atoms with E-state index in [2.05, 4.69) is 66.7 Å². The average molecular weight is 342 g/mol. The molecule has 0 saturated carbocycles. The number of benzene rings is 4. The molecule has 0 atom stereocenters. The topological polar surface area (TPSA) is 13.1 Å². The van der Waals surface area contributed by atoms with Gasteiger partial charge in [-0.25, -0.2) is 0 Å². The molecule has 1 aliphatic rings. The molecule has 2 heteroatoms.